The summed E-state index contributed by atoms with van der Waals surface area (Å²) in [5, 5.41) is 3.81. The van der Waals surface area contributed by atoms with Crippen LogP contribution in [0.25, 0.3) is 16.7 Å². The van der Waals surface area contributed by atoms with Crippen LogP contribution in [0.1, 0.15) is 24.2 Å². The highest BCUT2D eigenvalue weighted by atomic mass is 19.1. The monoisotopic (exact) mass is 642 g/mol. The number of para-hydroxylation sites is 1. The maximum absolute atomic E-state index is 14.1. The highest BCUT2D eigenvalue weighted by molar-refractivity contribution is 5.77. The van der Waals surface area contributed by atoms with Crippen LogP contribution in [0.5, 0.6) is 11.5 Å². The minimum absolute atomic E-state index is 0.0362. The highest BCUT2D eigenvalue weighted by Gasteiger charge is 2.18. The molecule has 1 aliphatic rings. The maximum Gasteiger partial charge on any atom is 0.268 e. The smallest absolute Gasteiger partial charge is 0.268 e. The molecule has 0 unspecified atom stereocenters. The van der Waals surface area contributed by atoms with Crippen molar-refractivity contribution in [3.8, 4) is 29.2 Å². The minimum atomic E-state index is -0.557. The van der Waals surface area contributed by atoms with Gasteiger partial charge in [-0.05, 0) is 80.4 Å². The molecule has 0 radical (unpaired) electrons. The lowest BCUT2D eigenvalue weighted by molar-refractivity contribution is 0.114. The summed E-state index contributed by atoms with van der Waals surface area (Å²) in [6, 6.07) is 18.9. The van der Waals surface area contributed by atoms with Crippen molar-refractivity contribution in [3.63, 3.8) is 0 Å². The van der Waals surface area contributed by atoms with Crippen LogP contribution >= 0.6 is 0 Å². The molecule has 0 atom stereocenters. The van der Waals surface area contributed by atoms with Crippen LogP contribution in [0.4, 0.5) is 16.0 Å². The van der Waals surface area contributed by atoms with Gasteiger partial charge in [0, 0.05) is 60.8 Å². The van der Waals surface area contributed by atoms with Gasteiger partial charge in [0.05, 0.1) is 12.1 Å². The quantitative estimate of drug-likeness (QED) is 0.225. The zero-order valence-corrected chi connectivity index (χ0v) is 26.1. The average Bonchev–Trinajstić information content (AvgIpc) is 3.58. The Hall–Kier alpha value is -6.06. The van der Waals surface area contributed by atoms with E-state index in [0.29, 0.717) is 22.8 Å². The first-order valence-corrected chi connectivity index (χ1v) is 15.5. The number of hydrogen-bond acceptors (Lipinski definition) is 9. The zero-order valence-electron chi connectivity index (χ0n) is 26.1. The lowest BCUT2D eigenvalue weighted by Crippen LogP contribution is -2.35. The minimum Gasteiger partial charge on any atom is -0.490 e. The lowest BCUT2D eigenvalue weighted by Gasteiger charge is -2.29. The van der Waals surface area contributed by atoms with E-state index in [1.165, 1.54) is 16.7 Å². The fourth-order valence-corrected chi connectivity index (χ4v) is 5.49. The molecular formula is C36H31FN8O3. The van der Waals surface area contributed by atoms with Crippen molar-refractivity contribution >= 4 is 22.7 Å². The number of fused-ring (bicyclic) bond motifs is 1. The third-order valence-electron chi connectivity index (χ3n) is 8.05. The van der Waals surface area contributed by atoms with Crippen molar-refractivity contribution in [3.05, 3.63) is 125 Å². The SMILES string of the molecule is CN1CCC(Oc2ccc(Nc3ncc4cc(C#COc5ccccc5F)c(=O)n(Cc5nccn5-c5ccncc5)c4n3)cc2)CC1. The van der Waals surface area contributed by atoms with E-state index in [1.54, 1.807) is 43.0 Å². The Morgan fingerprint density at radius 1 is 1.00 bits per heavy atom. The van der Waals surface area contributed by atoms with Crippen LogP contribution in [-0.4, -0.2) is 60.2 Å². The van der Waals surface area contributed by atoms with Gasteiger partial charge in [0.1, 0.15) is 29.4 Å². The second-order valence-corrected chi connectivity index (χ2v) is 11.4. The lowest BCUT2D eigenvalue weighted by atomic mass is 10.1. The van der Waals surface area contributed by atoms with Gasteiger partial charge in [-0.1, -0.05) is 12.1 Å². The molecule has 0 saturated carbocycles. The molecule has 6 aromatic rings. The summed E-state index contributed by atoms with van der Waals surface area (Å²) in [6.45, 7) is 2.12. The van der Waals surface area contributed by atoms with Gasteiger partial charge in [-0.3, -0.25) is 14.3 Å². The number of anilines is 2. The summed E-state index contributed by atoms with van der Waals surface area (Å²) < 4.78 is 28.9. The number of halogens is 1. The van der Waals surface area contributed by atoms with Gasteiger partial charge in [0.2, 0.25) is 5.95 Å². The van der Waals surface area contributed by atoms with Gasteiger partial charge in [-0.15, -0.1) is 0 Å². The Labute approximate surface area is 275 Å². The third-order valence-corrected chi connectivity index (χ3v) is 8.05. The van der Waals surface area contributed by atoms with Crippen molar-refractivity contribution < 1.29 is 13.9 Å². The van der Waals surface area contributed by atoms with Crippen molar-refractivity contribution in [1.82, 2.24) is 34.0 Å². The van der Waals surface area contributed by atoms with E-state index in [0.717, 1.165) is 43.1 Å². The fourth-order valence-electron chi connectivity index (χ4n) is 5.49. The van der Waals surface area contributed by atoms with E-state index in [9.17, 15) is 9.18 Å². The number of nitrogens with zero attached hydrogens (tertiary/aromatic N) is 7. The van der Waals surface area contributed by atoms with Gasteiger partial charge >= 0.3 is 0 Å². The van der Waals surface area contributed by atoms with Crippen molar-refractivity contribution in [2.75, 3.05) is 25.5 Å². The molecule has 2 aromatic carbocycles. The van der Waals surface area contributed by atoms with Crippen LogP contribution < -0.4 is 20.3 Å². The van der Waals surface area contributed by atoms with Crippen LogP contribution in [-0.2, 0) is 6.54 Å². The van der Waals surface area contributed by atoms with Crippen LogP contribution in [0.15, 0.2) is 103 Å². The number of likely N-dealkylation sites (tertiary alicyclic amines) is 1. The largest absolute Gasteiger partial charge is 0.490 e. The fraction of sp³-hybridized carbons (Fsp3) is 0.194. The summed E-state index contributed by atoms with van der Waals surface area (Å²) in [5.41, 5.74) is 1.69. The van der Waals surface area contributed by atoms with Crippen LogP contribution in [0.2, 0.25) is 0 Å². The summed E-state index contributed by atoms with van der Waals surface area (Å²) >= 11 is 0. The molecule has 1 saturated heterocycles. The number of ether oxygens (including phenoxy) is 2. The number of hydrogen-bond donors (Lipinski definition) is 1. The molecule has 0 amide bonds. The Kier molecular flexibility index (Phi) is 8.76. The highest BCUT2D eigenvalue weighted by Crippen LogP contribution is 2.23. The Bertz CT molecular complexity index is 2170. The molecule has 0 aliphatic carbocycles. The molecule has 5 heterocycles. The predicted molar refractivity (Wildman–Crippen MR) is 179 cm³/mol. The normalized spacial score (nSPS) is 13.5. The molecule has 0 spiro atoms. The van der Waals surface area contributed by atoms with E-state index >= 15 is 0 Å². The van der Waals surface area contributed by atoms with Crippen molar-refractivity contribution in [2.24, 2.45) is 0 Å². The number of imidazole rings is 1. The summed E-state index contributed by atoms with van der Waals surface area (Å²) in [7, 11) is 2.13. The molecule has 48 heavy (non-hydrogen) atoms. The Morgan fingerprint density at radius 3 is 2.58 bits per heavy atom. The van der Waals surface area contributed by atoms with Gasteiger partial charge in [-0.25, -0.2) is 14.4 Å². The van der Waals surface area contributed by atoms with Gasteiger partial charge < -0.3 is 24.3 Å². The third kappa shape index (κ3) is 6.86. The van der Waals surface area contributed by atoms with Crippen LogP contribution in [0.3, 0.4) is 0 Å². The standard InChI is InChI=1S/C36H31FN8O3/c1-43-18-12-30(13-19-43)48-29-8-6-27(7-9-29)41-36-40-23-26-22-25(14-21-47-32-5-3-2-4-31(32)37)35(46)45(34(26)42-36)24-33-39-17-20-44(33)28-10-15-38-16-11-28/h2-11,15-17,20,22-23,30H,12-13,18-19,24H2,1H3,(H,40,41,42). The second kappa shape index (κ2) is 13.7. The molecule has 1 aliphatic heterocycles. The molecule has 0 bridgehead atoms. The average molecular weight is 643 g/mol. The summed E-state index contributed by atoms with van der Waals surface area (Å²) in [6.07, 6.45) is 13.1. The van der Waals surface area contributed by atoms with E-state index in [2.05, 4.69) is 44.2 Å². The molecule has 7 rings (SSSR count). The van der Waals surface area contributed by atoms with E-state index in [4.69, 9.17) is 14.5 Å². The zero-order chi connectivity index (χ0) is 32.9. The maximum atomic E-state index is 14.1. The molecule has 12 heteroatoms. The number of piperidine rings is 1. The Balaban J connectivity index is 1.20. The molecule has 1 fully saturated rings. The molecule has 11 nitrogen and oxygen atoms in total. The van der Waals surface area contributed by atoms with E-state index < -0.39 is 11.4 Å². The first-order valence-electron chi connectivity index (χ1n) is 15.5. The van der Waals surface area contributed by atoms with Gasteiger partial charge in [-0.2, -0.15) is 4.98 Å². The van der Waals surface area contributed by atoms with Crippen molar-refractivity contribution in [1.29, 1.82) is 0 Å². The first-order chi connectivity index (χ1) is 23.5. The van der Waals surface area contributed by atoms with Gasteiger partial charge in [0.25, 0.3) is 5.56 Å². The molecular weight excluding hydrogens is 611 g/mol. The van der Waals surface area contributed by atoms with Gasteiger partial charge in [0.15, 0.2) is 11.6 Å². The van der Waals surface area contributed by atoms with Crippen molar-refractivity contribution in [2.45, 2.75) is 25.5 Å². The number of nitrogens with one attached hydrogen (secondary N) is 1. The predicted octanol–water partition coefficient (Wildman–Crippen LogP) is 5.16. The second-order valence-electron chi connectivity index (χ2n) is 11.4. The summed E-state index contributed by atoms with van der Waals surface area (Å²) in [4.78, 5) is 34.1. The van der Waals surface area contributed by atoms with E-state index in [-0.39, 0.29) is 24.0 Å². The number of aromatic nitrogens is 6. The molecule has 1 N–H and O–H groups in total. The molecule has 240 valence electrons. The van der Waals surface area contributed by atoms with Crippen LogP contribution in [0, 0.1) is 17.8 Å². The first kappa shape index (κ1) is 30.6. The number of pyridine rings is 2. The molecule has 4 aromatic heterocycles. The number of benzene rings is 2. The van der Waals surface area contributed by atoms with E-state index in [1.807, 2.05) is 47.2 Å². The number of rotatable bonds is 8. The Morgan fingerprint density at radius 2 is 1.79 bits per heavy atom. The summed E-state index contributed by atoms with van der Waals surface area (Å²) in [5.74, 6) is 3.85. The topological polar surface area (TPSA) is 112 Å².